The van der Waals surface area contributed by atoms with Crippen LogP contribution < -0.4 is 11.5 Å². The molecule has 0 spiro atoms. The molecule has 11 heteroatoms. The first-order chi connectivity index (χ1) is 18.4. The van der Waals surface area contributed by atoms with E-state index in [0.717, 1.165) is 38.8 Å². The van der Waals surface area contributed by atoms with Gasteiger partial charge in [0.2, 0.25) is 10.0 Å². The van der Waals surface area contributed by atoms with Gasteiger partial charge in [0.1, 0.15) is 17.7 Å². The fourth-order valence-corrected chi connectivity index (χ4v) is 6.55. The minimum absolute atomic E-state index is 0.119. The quantitative estimate of drug-likeness (QED) is 0.343. The van der Waals surface area contributed by atoms with Crippen LogP contribution in [0.15, 0.2) is 60.9 Å². The summed E-state index contributed by atoms with van der Waals surface area (Å²) in [7, 11) is -3.19. The molecule has 10 nitrogen and oxygen atoms in total. The molecule has 0 bridgehead atoms. The number of hydrogen-bond donors (Lipinski definition) is 2. The molecule has 0 radical (unpaired) electrons. The summed E-state index contributed by atoms with van der Waals surface area (Å²) in [5.74, 6) is 1.28. The number of piperidine rings is 1. The maximum Gasteiger partial charge on any atom is 0.213 e. The lowest BCUT2D eigenvalue weighted by atomic mass is 9.94. The summed E-state index contributed by atoms with van der Waals surface area (Å²) < 4.78 is 30.0. The largest absolute Gasteiger partial charge is 0.383 e. The molecule has 2 aromatic carbocycles. The van der Waals surface area contributed by atoms with Crippen molar-refractivity contribution in [1.82, 2.24) is 28.7 Å². The Hall–Kier alpha value is -3.96. The summed E-state index contributed by atoms with van der Waals surface area (Å²) >= 11 is 0. The van der Waals surface area contributed by atoms with Crippen molar-refractivity contribution in [3.05, 3.63) is 72.2 Å². The van der Waals surface area contributed by atoms with Crippen molar-refractivity contribution in [3.8, 4) is 11.1 Å². The van der Waals surface area contributed by atoms with Crippen LogP contribution in [0.1, 0.15) is 36.9 Å². The van der Waals surface area contributed by atoms with Crippen LogP contribution in [-0.2, 0) is 16.6 Å². The number of aromatic nitrogens is 5. The fourth-order valence-electron chi connectivity index (χ4n) is 5.41. The van der Waals surface area contributed by atoms with E-state index in [1.165, 1.54) is 6.33 Å². The van der Waals surface area contributed by atoms with E-state index in [4.69, 9.17) is 16.6 Å². The van der Waals surface area contributed by atoms with Crippen LogP contribution in [-0.4, -0.2) is 55.9 Å². The van der Waals surface area contributed by atoms with Crippen molar-refractivity contribution >= 4 is 38.1 Å². The van der Waals surface area contributed by atoms with Crippen molar-refractivity contribution in [2.75, 3.05) is 30.3 Å². The predicted molar refractivity (Wildman–Crippen MR) is 149 cm³/mol. The smallest absolute Gasteiger partial charge is 0.213 e. The number of sulfonamides is 1. The molecular weight excluding hydrogens is 500 g/mol. The van der Waals surface area contributed by atoms with Crippen LogP contribution in [0, 0.1) is 0 Å². The zero-order chi connectivity index (χ0) is 26.4. The minimum atomic E-state index is -3.19. The highest BCUT2D eigenvalue weighted by molar-refractivity contribution is 7.89. The van der Waals surface area contributed by atoms with Crippen LogP contribution in [0.4, 0.5) is 11.6 Å². The third kappa shape index (κ3) is 4.17. The molecule has 6 rings (SSSR count). The van der Waals surface area contributed by atoms with Crippen molar-refractivity contribution in [3.63, 3.8) is 0 Å². The number of anilines is 2. The van der Waals surface area contributed by atoms with Crippen molar-refractivity contribution in [2.24, 2.45) is 0 Å². The predicted octanol–water partition coefficient (Wildman–Crippen LogP) is 3.49. The van der Waals surface area contributed by atoms with Gasteiger partial charge in [-0.3, -0.25) is 0 Å². The monoisotopic (exact) mass is 530 g/mol. The summed E-state index contributed by atoms with van der Waals surface area (Å²) in [5.41, 5.74) is 18.3. The highest BCUT2D eigenvalue weighted by Gasteiger charge is 2.30. The fraction of sp³-hybridized carbons (Fsp3) is 0.296. The molecule has 38 heavy (non-hydrogen) atoms. The Bertz CT molecular complexity index is 1740. The topological polar surface area (TPSA) is 137 Å². The Morgan fingerprint density at radius 1 is 1.03 bits per heavy atom. The first kappa shape index (κ1) is 24.4. The Balaban J connectivity index is 1.38. The Kier molecular flexibility index (Phi) is 6.04. The zero-order valence-electron chi connectivity index (χ0n) is 21.2. The number of benzene rings is 2. The summed E-state index contributed by atoms with van der Waals surface area (Å²) in [4.78, 5) is 4.25. The molecule has 1 aliphatic heterocycles. The van der Waals surface area contributed by atoms with Crippen molar-refractivity contribution in [1.29, 1.82) is 0 Å². The number of nitrogen functional groups attached to an aromatic ring is 2. The van der Waals surface area contributed by atoms with Gasteiger partial charge in [-0.1, -0.05) is 36.4 Å². The molecule has 1 saturated heterocycles. The summed E-state index contributed by atoms with van der Waals surface area (Å²) in [6.07, 6.45) is 2.89. The van der Waals surface area contributed by atoms with Gasteiger partial charge in [-0.2, -0.15) is 10.2 Å². The highest BCUT2D eigenvalue weighted by atomic mass is 32.2. The minimum Gasteiger partial charge on any atom is -0.383 e. The lowest BCUT2D eigenvalue weighted by molar-refractivity contribution is 0.315. The van der Waals surface area contributed by atoms with E-state index in [0.29, 0.717) is 44.1 Å². The molecule has 0 unspecified atom stereocenters. The second-order valence-corrected chi connectivity index (χ2v) is 12.0. The van der Waals surface area contributed by atoms with Gasteiger partial charge in [0.15, 0.2) is 5.82 Å². The van der Waals surface area contributed by atoms with Crippen LogP contribution >= 0.6 is 0 Å². The molecule has 4 heterocycles. The summed E-state index contributed by atoms with van der Waals surface area (Å²) in [5, 5.41) is 10.2. The van der Waals surface area contributed by atoms with E-state index >= 15 is 0 Å². The van der Waals surface area contributed by atoms with Crippen LogP contribution in [0.5, 0.6) is 0 Å². The molecule has 0 amide bonds. The van der Waals surface area contributed by atoms with Crippen molar-refractivity contribution < 1.29 is 8.42 Å². The van der Waals surface area contributed by atoms with Gasteiger partial charge in [-0.05, 0) is 49.1 Å². The van der Waals surface area contributed by atoms with Gasteiger partial charge >= 0.3 is 0 Å². The molecule has 0 aliphatic carbocycles. The van der Waals surface area contributed by atoms with Gasteiger partial charge in [0, 0.05) is 35.7 Å². The Labute approximate surface area is 220 Å². The molecule has 0 saturated carbocycles. The standard InChI is InChI=1S/C27H30N8O2S/c1-2-38(36,37)33-12-10-19(11-13-33)24-15-22(25-26(28)30-17-31-35(24)25)20-8-9-21-23(14-20)32-34(27(21)29)16-18-6-4-3-5-7-18/h3-9,14-15,17,19H,2,10-13,16,29H2,1H3,(H2,28,30,31). The molecule has 1 fully saturated rings. The molecule has 5 aromatic rings. The van der Waals surface area contributed by atoms with E-state index in [-0.39, 0.29) is 11.7 Å². The number of nitrogens with zero attached hydrogens (tertiary/aromatic N) is 6. The van der Waals surface area contributed by atoms with Crippen molar-refractivity contribution in [2.45, 2.75) is 32.2 Å². The first-order valence-electron chi connectivity index (χ1n) is 12.8. The van der Waals surface area contributed by atoms with E-state index in [2.05, 4.69) is 28.3 Å². The van der Waals surface area contributed by atoms with Crippen LogP contribution in [0.2, 0.25) is 0 Å². The number of fused-ring (bicyclic) bond motifs is 2. The van der Waals surface area contributed by atoms with Crippen LogP contribution in [0.3, 0.4) is 0 Å². The van der Waals surface area contributed by atoms with Gasteiger partial charge < -0.3 is 11.5 Å². The molecule has 196 valence electrons. The number of rotatable bonds is 6. The molecule has 1 aliphatic rings. The highest BCUT2D eigenvalue weighted by Crippen LogP contribution is 2.38. The maximum atomic E-state index is 12.3. The zero-order valence-corrected chi connectivity index (χ0v) is 22.0. The van der Waals surface area contributed by atoms with Gasteiger partial charge in [-0.15, -0.1) is 0 Å². The molecule has 3 aromatic heterocycles. The van der Waals surface area contributed by atoms with E-state index in [9.17, 15) is 8.42 Å². The average Bonchev–Trinajstić information content (AvgIpc) is 3.48. The number of hydrogen-bond acceptors (Lipinski definition) is 7. The second kappa shape index (κ2) is 9.41. The van der Waals surface area contributed by atoms with Gasteiger partial charge in [0.25, 0.3) is 0 Å². The van der Waals surface area contributed by atoms with E-state index < -0.39 is 10.0 Å². The normalized spacial score (nSPS) is 15.5. The summed E-state index contributed by atoms with van der Waals surface area (Å²) in [6, 6.07) is 18.2. The molecule has 4 N–H and O–H groups in total. The summed E-state index contributed by atoms with van der Waals surface area (Å²) in [6.45, 7) is 3.26. The third-order valence-corrected chi connectivity index (χ3v) is 9.39. The van der Waals surface area contributed by atoms with Crippen LogP contribution in [0.25, 0.3) is 27.5 Å². The van der Waals surface area contributed by atoms with Gasteiger partial charge in [-0.25, -0.2) is 26.9 Å². The lowest BCUT2D eigenvalue weighted by Gasteiger charge is -2.30. The first-order valence-corrected chi connectivity index (χ1v) is 14.4. The Morgan fingerprint density at radius 2 is 1.79 bits per heavy atom. The maximum absolute atomic E-state index is 12.3. The van der Waals surface area contributed by atoms with Gasteiger partial charge in [0.05, 0.1) is 17.8 Å². The molecular formula is C27H30N8O2S. The molecule has 0 atom stereocenters. The average molecular weight is 531 g/mol. The lowest BCUT2D eigenvalue weighted by Crippen LogP contribution is -2.38. The number of nitrogens with two attached hydrogens (primary N) is 2. The second-order valence-electron chi connectivity index (χ2n) is 9.72. The Morgan fingerprint density at radius 3 is 2.53 bits per heavy atom. The van der Waals surface area contributed by atoms with E-state index in [1.54, 1.807) is 11.2 Å². The SMILES string of the molecule is CCS(=O)(=O)N1CCC(c2cc(-c3ccc4c(N)n(Cc5ccccc5)nc4c3)c3c(N)ncnn23)CC1. The third-order valence-electron chi connectivity index (χ3n) is 7.51. The van der Waals surface area contributed by atoms with E-state index in [1.807, 2.05) is 45.6 Å².